The summed E-state index contributed by atoms with van der Waals surface area (Å²) in [5, 5.41) is 9.17. The molecule has 28 heavy (non-hydrogen) atoms. The summed E-state index contributed by atoms with van der Waals surface area (Å²) in [6, 6.07) is 8.10. The number of rotatable bonds is 3. The quantitative estimate of drug-likeness (QED) is 0.671. The Morgan fingerprint density at radius 2 is 1.79 bits per heavy atom. The van der Waals surface area contributed by atoms with Gasteiger partial charge in [0.1, 0.15) is 5.82 Å². The van der Waals surface area contributed by atoms with Gasteiger partial charge in [-0.2, -0.15) is 5.10 Å². The van der Waals surface area contributed by atoms with Crippen molar-refractivity contribution in [2.75, 3.05) is 50.0 Å². The third-order valence-corrected chi connectivity index (χ3v) is 5.57. The first-order chi connectivity index (χ1) is 13.8. The van der Waals surface area contributed by atoms with Gasteiger partial charge in [-0.1, -0.05) is 0 Å². The lowest BCUT2D eigenvalue weighted by atomic mass is 10.1. The maximum Gasteiger partial charge on any atom is 0.164 e. The molecular weight excluding hydrogens is 354 g/mol. The molecule has 0 spiro atoms. The standard InChI is InChI=1S/C20H25N7O/c21-15-3-1-14(2-4-15)18-24-19(26-9-11-28-12-10-26)17-13-23-27(20(17)25-18)16-5-7-22-8-6-16/h1-4,13,16,22H,5-12,21H2. The van der Waals surface area contributed by atoms with E-state index >= 15 is 0 Å². The van der Waals surface area contributed by atoms with E-state index in [0.29, 0.717) is 25.1 Å². The van der Waals surface area contributed by atoms with Crippen LogP contribution in [0.3, 0.4) is 0 Å². The fraction of sp³-hybridized carbons (Fsp3) is 0.450. The minimum Gasteiger partial charge on any atom is -0.399 e. The van der Waals surface area contributed by atoms with Crippen LogP contribution in [-0.2, 0) is 4.74 Å². The highest BCUT2D eigenvalue weighted by molar-refractivity contribution is 5.89. The SMILES string of the molecule is Nc1ccc(-c2nc(N3CCOCC3)c3cnn(C4CCNCC4)c3n2)cc1. The Kier molecular flexibility index (Phi) is 4.58. The molecule has 0 amide bonds. The van der Waals surface area contributed by atoms with Crippen LogP contribution in [0, 0.1) is 0 Å². The van der Waals surface area contributed by atoms with E-state index in [4.69, 9.17) is 25.5 Å². The maximum absolute atomic E-state index is 5.86. The second-order valence-corrected chi connectivity index (χ2v) is 7.40. The number of piperidine rings is 1. The lowest BCUT2D eigenvalue weighted by molar-refractivity contribution is 0.122. The molecule has 8 nitrogen and oxygen atoms in total. The highest BCUT2D eigenvalue weighted by Gasteiger charge is 2.24. The van der Waals surface area contributed by atoms with Gasteiger partial charge in [0.2, 0.25) is 0 Å². The third kappa shape index (κ3) is 3.18. The van der Waals surface area contributed by atoms with Gasteiger partial charge in [0, 0.05) is 24.3 Å². The molecule has 1 aromatic carbocycles. The van der Waals surface area contributed by atoms with Gasteiger partial charge in [0.05, 0.1) is 30.8 Å². The summed E-state index contributed by atoms with van der Waals surface area (Å²) in [6.07, 6.45) is 4.05. The molecule has 2 aliphatic rings. The molecular formula is C20H25N7O. The van der Waals surface area contributed by atoms with Crippen molar-refractivity contribution in [2.24, 2.45) is 0 Å². The first kappa shape index (κ1) is 17.4. The van der Waals surface area contributed by atoms with Crippen LogP contribution in [0.5, 0.6) is 0 Å². The second kappa shape index (κ2) is 7.37. The molecule has 146 valence electrons. The molecule has 0 aliphatic carbocycles. The van der Waals surface area contributed by atoms with Gasteiger partial charge in [0.25, 0.3) is 0 Å². The Morgan fingerprint density at radius 3 is 2.54 bits per heavy atom. The molecule has 8 heteroatoms. The molecule has 3 aromatic rings. The number of nitrogens with zero attached hydrogens (tertiary/aromatic N) is 5. The van der Waals surface area contributed by atoms with Crippen molar-refractivity contribution >= 4 is 22.5 Å². The molecule has 0 radical (unpaired) electrons. The van der Waals surface area contributed by atoms with E-state index in [2.05, 4.69) is 14.9 Å². The summed E-state index contributed by atoms with van der Waals surface area (Å²) in [5.41, 5.74) is 8.47. The number of anilines is 2. The Balaban J connectivity index is 1.65. The number of hydrogen-bond donors (Lipinski definition) is 2. The van der Waals surface area contributed by atoms with E-state index in [9.17, 15) is 0 Å². The minimum atomic E-state index is 0.366. The zero-order valence-corrected chi connectivity index (χ0v) is 15.8. The van der Waals surface area contributed by atoms with Crippen LogP contribution in [0.25, 0.3) is 22.4 Å². The van der Waals surface area contributed by atoms with Gasteiger partial charge in [-0.3, -0.25) is 0 Å². The van der Waals surface area contributed by atoms with Crippen LogP contribution < -0.4 is 16.0 Å². The van der Waals surface area contributed by atoms with Gasteiger partial charge < -0.3 is 20.7 Å². The van der Waals surface area contributed by atoms with Gasteiger partial charge in [-0.25, -0.2) is 14.6 Å². The van der Waals surface area contributed by atoms with Crippen molar-refractivity contribution in [1.82, 2.24) is 25.1 Å². The Bertz CT molecular complexity index is 957. The van der Waals surface area contributed by atoms with Crippen molar-refractivity contribution in [3.8, 4) is 11.4 Å². The monoisotopic (exact) mass is 379 g/mol. The predicted octanol–water partition coefficient (Wildman–Crippen LogP) is 1.84. The summed E-state index contributed by atoms with van der Waals surface area (Å²) in [6.45, 7) is 5.10. The summed E-state index contributed by atoms with van der Waals surface area (Å²) in [7, 11) is 0. The molecule has 2 aromatic heterocycles. The van der Waals surface area contributed by atoms with Crippen LogP contribution in [0.15, 0.2) is 30.5 Å². The zero-order valence-electron chi connectivity index (χ0n) is 15.8. The highest BCUT2D eigenvalue weighted by Crippen LogP contribution is 2.31. The van der Waals surface area contributed by atoms with Crippen molar-refractivity contribution in [3.05, 3.63) is 30.5 Å². The molecule has 2 fully saturated rings. The van der Waals surface area contributed by atoms with Crippen molar-refractivity contribution in [2.45, 2.75) is 18.9 Å². The normalized spacial score (nSPS) is 18.6. The Labute approximate surface area is 163 Å². The predicted molar refractivity (Wildman–Crippen MR) is 109 cm³/mol. The van der Waals surface area contributed by atoms with Crippen LogP contribution in [0.2, 0.25) is 0 Å². The molecule has 0 atom stereocenters. The van der Waals surface area contributed by atoms with E-state index in [1.807, 2.05) is 30.5 Å². The highest BCUT2D eigenvalue weighted by atomic mass is 16.5. The Hall–Kier alpha value is -2.71. The molecule has 0 unspecified atom stereocenters. The van der Waals surface area contributed by atoms with Crippen molar-refractivity contribution in [3.63, 3.8) is 0 Å². The number of fused-ring (bicyclic) bond motifs is 1. The summed E-state index contributed by atoms with van der Waals surface area (Å²) in [5.74, 6) is 1.66. The second-order valence-electron chi connectivity index (χ2n) is 7.40. The van der Waals surface area contributed by atoms with E-state index < -0.39 is 0 Å². The van der Waals surface area contributed by atoms with Crippen LogP contribution in [0.1, 0.15) is 18.9 Å². The molecule has 3 N–H and O–H groups in total. The maximum atomic E-state index is 5.86. The number of aromatic nitrogens is 4. The molecule has 4 heterocycles. The number of ether oxygens (including phenoxy) is 1. The largest absolute Gasteiger partial charge is 0.399 e. The lowest BCUT2D eigenvalue weighted by Crippen LogP contribution is -2.37. The molecule has 2 aliphatic heterocycles. The number of nitrogens with two attached hydrogens (primary N) is 1. The molecule has 5 rings (SSSR count). The first-order valence-electron chi connectivity index (χ1n) is 9.94. The molecule has 0 bridgehead atoms. The van der Waals surface area contributed by atoms with E-state index in [1.165, 1.54) is 0 Å². The fourth-order valence-corrected chi connectivity index (χ4v) is 4.01. The average molecular weight is 379 g/mol. The van der Waals surface area contributed by atoms with Crippen molar-refractivity contribution in [1.29, 1.82) is 0 Å². The number of benzene rings is 1. The van der Waals surface area contributed by atoms with E-state index in [0.717, 1.165) is 67.1 Å². The lowest BCUT2D eigenvalue weighted by Gasteiger charge is -2.28. The minimum absolute atomic E-state index is 0.366. The van der Waals surface area contributed by atoms with Gasteiger partial charge in [-0.05, 0) is 50.2 Å². The van der Waals surface area contributed by atoms with Crippen LogP contribution in [0.4, 0.5) is 11.5 Å². The molecule has 2 saturated heterocycles. The topological polar surface area (TPSA) is 94.1 Å². The Morgan fingerprint density at radius 1 is 1.04 bits per heavy atom. The fourth-order valence-electron chi connectivity index (χ4n) is 4.01. The molecule has 0 saturated carbocycles. The number of morpholine rings is 1. The van der Waals surface area contributed by atoms with Crippen molar-refractivity contribution < 1.29 is 4.74 Å². The van der Waals surface area contributed by atoms with Crippen LogP contribution >= 0.6 is 0 Å². The summed E-state index contributed by atoms with van der Waals surface area (Å²) in [4.78, 5) is 12.2. The van der Waals surface area contributed by atoms with Gasteiger partial charge >= 0.3 is 0 Å². The first-order valence-corrected chi connectivity index (χ1v) is 9.94. The number of hydrogen-bond acceptors (Lipinski definition) is 7. The zero-order chi connectivity index (χ0) is 18.9. The van der Waals surface area contributed by atoms with Crippen LogP contribution in [-0.4, -0.2) is 59.1 Å². The van der Waals surface area contributed by atoms with Gasteiger partial charge in [-0.15, -0.1) is 0 Å². The van der Waals surface area contributed by atoms with Gasteiger partial charge in [0.15, 0.2) is 11.5 Å². The van der Waals surface area contributed by atoms with E-state index in [1.54, 1.807) is 0 Å². The number of nitrogens with one attached hydrogen (secondary N) is 1. The average Bonchev–Trinajstić information content (AvgIpc) is 3.19. The number of nitrogen functional groups attached to an aromatic ring is 1. The summed E-state index contributed by atoms with van der Waals surface area (Å²) < 4.78 is 7.63. The van der Waals surface area contributed by atoms with E-state index in [-0.39, 0.29) is 0 Å². The third-order valence-electron chi connectivity index (χ3n) is 5.57. The summed E-state index contributed by atoms with van der Waals surface area (Å²) >= 11 is 0. The smallest absolute Gasteiger partial charge is 0.164 e.